The highest BCUT2D eigenvalue weighted by Crippen LogP contribution is 2.31. The van der Waals surface area contributed by atoms with Crippen molar-refractivity contribution in [2.75, 3.05) is 0 Å². The minimum atomic E-state index is 0.0381. The standard InChI is InChI=1S/C14H22.2C13H21N.4C12H20N2.7C2H6/c1-13(2,3)11-7-9-12(10-8-11)14(4,5)6;2*1-12(2,3)10-7-8-11(14-9-10)13(4,5)6;1-11(2,3)9-7-14-10(8-13-9)12(4,5)6;2*1-11(2,3)9-7-13-10(14-8-9)12(4,5)6;1-11(2,3)9-7-8-10(14-13-9)12(4,5)6;7*1-2/h7-10H,1-6H3;2*7-9H,1-6H3;4*7-8H,1-6H3;7*1-2H3. The lowest BCUT2D eigenvalue weighted by Crippen LogP contribution is -2.18. The molecule has 644 valence electrons. The van der Waals surface area contributed by atoms with E-state index in [0.717, 1.165) is 45.8 Å². The molecule has 0 unspecified atom stereocenters. The molecular formula is C102H186N10. The number of aromatic nitrogens is 10. The molecule has 0 saturated carbocycles. The van der Waals surface area contributed by atoms with Crippen molar-refractivity contribution in [3.63, 3.8) is 0 Å². The summed E-state index contributed by atoms with van der Waals surface area (Å²) in [6, 6.07) is 21.8. The first kappa shape index (κ1) is 119. The maximum absolute atomic E-state index is 4.52. The SMILES string of the molecule is CC.CC.CC.CC.CC.CC.CC.CC(C)(C)c1ccc(C(C)(C)C)cc1.CC(C)(C)c1ccc(C(C)(C)C)nc1.CC(C)(C)c1ccc(C(C)(C)C)nc1.CC(C)(C)c1ccc(C(C)(C)C)nn1.CC(C)(C)c1cnc(C(C)(C)C)cn1.CC(C)(C)c1cnc(C(C)(C)C)nc1.CC(C)(C)c1cnc(C(C)(C)C)nc1. The van der Waals surface area contributed by atoms with Crippen molar-refractivity contribution in [2.45, 2.75) is 464 Å². The first-order chi connectivity index (χ1) is 50.5. The highest BCUT2D eigenvalue weighted by Gasteiger charge is 2.26. The molecule has 0 aliphatic rings. The Hall–Kier alpha value is -6.16. The Morgan fingerprint density at radius 1 is 0.134 bits per heavy atom. The maximum Gasteiger partial charge on any atom is 0.133 e. The lowest BCUT2D eigenvalue weighted by atomic mass is 9.82. The predicted octanol–water partition coefficient (Wildman–Crippen LogP) is 31.1. The van der Waals surface area contributed by atoms with E-state index in [9.17, 15) is 0 Å². The summed E-state index contributed by atoms with van der Waals surface area (Å²) >= 11 is 0. The second kappa shape index (κ2) is 51.7. The third-order valence-electron chi connectivity index (χ3n) is 16.2. The Labute approximate surface area is 699 Å². The minimum Gasteiger partial charge on any atom is -0.260 e. The summed E-state index contributed by atoms with van der Waals surface area (Å²) in [4.78, 5) is 35.6. The number of hydrogen-bond donors (Lipinski definition) is 0. The monoisotopic (exact) mass is 1550 g/mol. The first-order valence-corrected chi connectivity index (χ1v) is 42.9. The maximum atomic E-state index is 4.52. The molecule has 0 radical (unpaired) electrons. The summed E-state index contributed by atoms with van der Waals surface area (Å²) in [6.07, 6.45) is 15.5. The second-order valence-corrected chi connectivity index (χ2v) is 41.1. The van der Waals surface area contributed by atoms with Gasteiger partial charge in [0.1, 0.15) is 11.6 Å². The molecule has 0 aliphatic heterocycles. The van der Waals surface area contributed by atoms with Crippen molar-refractivity contribution in [3.8, 4) is 0 Å². The smallest absolute Gasteiger partial charge is 0.133 e. The van der Waals surface area contributed by atoms with Crippen LogP contribution in [0.2, 0.25) is 0 Å². The van der Waals surface area contributed by atoms with Gasteiger partial charge in [-0.15, -0.1) is 0 Å². The first-order valence-electron chi connectivity index (χ1n) is 42.9. The molecule has 10 nitrogen and oxygen atoms in total. The molecule has 0 bridgehead atoms. The van der Waals surface area contributed by atoms with Gasteiger partial charge in [0.15, 0.2) is 0 Å². The molecular weight excluding hydrogens is 1370 g/mol. The van der Waals surface area contributed by atoms with Gasteiger partial charge in [-0.25, -0.2) is 19.9 Å². The van der Waals surface area contributed by atoms with E-state index in [0.29, 0.717) is 0 Å². The zero-order valence-corrected chi connectivity index (χ0v) is 84.9. The van der Waals surface area contributed by atoms with E-state index >= 15 is 0 Å². The molecule has 0 amide bonds. The van der Waals surface area contributed by atoms with E-state index in [1.54, 1.807) is 0 Å². The van der Waals surface area contributed by atoms with Crippen molar-refractivity contribution in [1.82, 2.24) is 50.1 Å². The highest BCUT2D eigenvalue weighted by atomic mass is 15.1. The number of hydrogen-bond acceptors (Lipinski definition) is 10. The molecule has 6 heterocycles. The van der Waals surface area contributed by atoms with Gasteiger partial charge in [-0.1, -0.05) is 424 Å². The van der Waals surface area contributed by atoms with Crippen LogP contribution in [0, 0.1) is 0 Å². The van der Waals surface area contributed by atoms with Crippen LogP contribution >= 0.6 is 0 Å². The summed E-state index contributed by atoms with van der Waals surface area (Å²) in [6.45, 7) is 119. The van der Waals surface area contributed by atoms with Crippen LogP contribution in [0.4, 0.5) is 0 Å². The fraction of sp³-hybridized carbons (Fsp3) is 0.686. The molecule has 7 aromatic rings. The Kier molecular flexibility index (Phi) is 55.0. The van der Waals surface area contributed by atoms with Gasteiger partial charge >= 0.3 is 0 Å². The molecule has 0 saturated heterocycles. The van der Waals surface area contributed by atoms with Crippen LogP contribution in [0.1, 0.15) is 467 Å². The highest BCUT2D eigenvalue weighted by molar-refractivity contribution is 5.32. The molecule has 10 heteroatoms. The van der Waals surface area contributed by atoms with E-state index in [-0.39, 0.29) is 75.8 Å². The summed E-state index contributed by atoms with van der Waals surface area (Å²) < 4.78 is 0. The van der Waals surface area contributed by atoms with Crippen LogP contribution in [0.5, 0.6) is 0 Å². The van der Waals surface area contributed by atoms with E-state index in [4.69, 9.17) is 0 Å². The molecule has 1 aromatic carbocycles. The topological polar surface area (TPSA) is 129 Å². The molecule has 0 spiro atoms. The van der Waals surface area contributed by atoms with E-state index in [1.165, 1.54) is 33.4 Å². The summed E-state index contributed by atoms with van der Waals surface area (Å²) in [5.74, 6) is 1.82. The molecule has 0 atom stereocenters. The van der Waals surface area contributed by atoms with E-state index in [2.05, 4.69) is 402 Å². The van der Waals surface area contributed by atoms with Crippen LogP contribution in [0.3, 0.4) is 0 Å². The molecule has 112 heavy (non-hydrogen) atoms. The van der Waals surface area contributed by atoms with Crippen LogP contribution in [-0.2, 0) is 75.8 Å². The summed E-state index contributed by atoms with van der Waals surface area (Å²) in [7, 11) is 0. The van der Waals surface area contributed by atoms with Crippen LogP contribution in [0.25, 0.3) is 0 Å². The Balaban J connectivity index is -0.000000223. The summed E-state index contributed by atoms with van der Waals surface area (Å²) in [5.41, 5.74) is 16.2. The Morgan fingerprint density at radius 2 is 0.286 bits per heavy atom. The quantitative estimate of drug-likeness (QED) is 0.145. The average Bonchev–Trinajstić information content (AvgIpc) is 0.874. The van der Waals surface area contributed by atoms with Gasteiger partial charge < -0.3 is 0 Å². The van der Waals surface area contributed by atoms with Gasteiger partial charge in [-0.2, -0.15) is 10.2 Å². The third-order valence-corrected chi connectivity index (χ3v) is 16.2. The number of pyridine rings is 2. The normalized spacial score (nSPS) is 11.8. The number of nitrogens with zero attached hydrogens (tertiary/aromatic N) is 10. The Bertz CT molecular complexity index is 2510. The zero-order valence-electron chi connectivity index (χ0n) is 84.9. The van der Waals surface area contributed by atoms with Crippen LogP contribution < -0.4 is 0 Å². The zero-order chi connectivity index (χ0) is 90.9. The van der Waals surface area contributed by atoms with Crippen LogP contribution in [-0.4, -0.2) is 50.1 Å². The van der Waals surface area contributed by atoms with Gasteiger partial charge in [0.05, 0.1) is 22.8 Å². The lowest BCUT2D eigenvalue weighted by Gasteiger charge is -2.23. The number of benzene rings is 1. The molecule has 6 aromatic heterocycles. The average molecular weight is 1550 g/mol. The molecule has 7 rings (SSSR count). The van der Waals surface area contributed by atoms with Gasteiger partial charge in [-0.05, 0) is 90.1 Å². The van der Waals surface area contributed by atoms with Crippen molar-refractivity contribution in [2.24, 2.45) is 0 Å². The van der Waals surface area contributed by atoms with Crippen molar-refractivity contribution in [1.29, 1.82) is 0 Å². The fourth-order valence-corrected chi connectivity index (χ4v) is 8.47. The van der Waals surface area contributed by atoms with Gasteiger partial charge in [0, 0.05) is 104 Å². The van der Waals surface area contributed by atoms with Crippen molar-refractivity contribution in [3.05, 3.63) is 189 Å². The third kappa shape index (κ3) is 50.2. The van der Waals surface area contributed by atoms with Crippen molar-refractivity contribution >= 4 is 0 Å². The largest absolute Gasteiger partial charge is 0.260 e. The van der Waals surface area contributed by atoms with Crippen LogP contribution in [0.15, 0.2) is 110 Å². The molecule has 0 fully saturated rings. The minimum absolute atomic E-state index is 0.0381. The Morgan fingerprint density at radius 3 is 0.411 bits per heavy atom. The molecule has 0 aliphatic carbocycles. The van der Waals surface area contributed by atoms with Gasteiger partial charge in [0.2, 0.25) is 0 Å². The molecule has 0 N–H and O–H groups in total. The van der Waals surface area contributed by atoms with Gasteiger partial charge in [-0.3, -0.25) is 19.9 Å². The van der Waals surface area contributed by atoms with E-state index in [1.807, 2.05) is 147 Å². The summed E-state index contributed by atoms with van der Waals surface area (Å²) in [5, 5.41) is 8.53. The van der Waals surface area contributed by atoms with Gasteiger partial charge in [0.25, 0.3) is 0 Å². The number of rotatable bonds is 0. The van der Waals surface area contributed by atoms with E-state index < -0.39 is 0 Å². The lowest BCUT2D eigenvalue weighted by molar-refractivity contribution is 0.527. The predicted molar refractivity (Wildman–Crippen MR) is 504 cm³/mol. The van der Waals surface area contributed by atoms with Crippen molar-refractivity contribution < 1.29 is 0 Å². The fourth-order valence-electron chi connectivity index (χ4n) is 8.47. The second-order valence-electron chi connectivity index (χ2n) is 41.1.